The molecule has 0 atom stereocenters. The summed E-state index contributed by atoms with van der Waals surface area (Å²) >= 11 is 6.00. The van der Waals surface area contributed by atoms with E-state index in [2.05, 4.69) is 17.0 Å². The molecule has 1 N–H and O–H groups in total. The molecular formula is C15H16ClFN4O2. The molecule has 122 valence electrons. The van der Waals surface area contributed by atoms with Crippen LogP contribution < -0.4 is 5.32 Å². The molecule has 0 saturated carbocycles. The number of nitrogens with zero attached hydrogens (tertiary/aromatic N) is 3. The molecule has 1 aromatic heterocycles. The lowest BCUT2D eigenvalue weighted by Crippen LogP contribution is -2.24. The van der Waals surface area contributed by atoms with Crippen molar-refractivity contribution in [3.63, 3.8) is 0 Å². The first-order valence-electron chi connectivity index (χ1n) is 6.90. The Kier molecular flexibility index (Phi) is 5.00. The van der Waals surface area contributed by atoms with Gasteiger partial charge in [-0.15, -0.1) is 0 Å². The molecular weight excluding hydrogens is 323 g/mol. The van der Waals surface area contributed by atoms with E-state index in [1.807, 2.05) is 13.8 Å². The van der Waals surface area contributed by atoms with Gasteiger partial charge in [0.1, 0.15) is 5.82 Å². The van der Waals surface area contributed by atoms with Crippen LogP contribution in [0.25, 0.3) is 5.82 Å². The summed E-state index contributed by atoms with van der Waals surface area (Å²) in [6.07, 6.45) is 1.98. The second kappa shape index (κ2) is 6.78. The van der Waals surface area contributed by atoms with Crippen LogP contribution in [0.3, 0.4) is 0 Å². The molecule has 0 bridgehead atoms. The number of halogens is 2. The van der Waals surface area contributed by atoms with E-state index in [0.717, 1.165) is 12.1 Å². The van der Waals surface area contributed by atoms with Crippen molar-refractivity contribution >= 4 is 23.1 Å². The fourth-order valence-electron chi connectivity index (χ4n) is 2.05. The highest BCUT2D eigenvalue weighted by molar-refractivity contribution is 6.31. The van der Waals surface area contributed by atoms with Gasteiger partial charge in [-0.05, 0) is 31.5 Å². The van der Waals surface area contributed by atoms with Gasteiger partial charge in [-0.25, -0.2) is 4.68 Å². The Balaban J connectivity index is 2.20. The van der Waals surface area contributed by atoms with Crippen molar-refractivity contribution in [3.8, 4) is 0 Å². The van der Waals surface area contributed by atoms with Crippen molar-refractivity contribution in [3.05, 3.63) is 63.2 Å². The third kappa shape index (κ3) is 4.07. The van der Waals surface area contributed by atoms with Crippen molar-refractivity contribution in [1.29, 1.82) is 0 Å². The summed E-state index contributed by atoms with van der Waals surface area (Å²) in [5.74, 6) is -0.299. The smallest absolute Gasteiger partial charge is 0.306 e. The number of nitrogens with one attached hydrogen (secondary N) is 1. The Labute approximate surface area is 137 Å². The van der Waals surface area contributed by atoms with Gasteiger partial charge in [-0.1, -0.05) is 18.2 Å². The fourth-order valence-corrected chi connectivity index (χ4v) is 2.28. The topological polar surface area (TPSA) is 73.0 Å². The number of hydrogen-bond donors (Lipinski definition) is 1. The monoisotopic (exact) mass is 338 g/mol. The SMILES string of the molecule is C=C(NC(C)C)n1ccc(Cc2cc(F)c([N+](=O)[O-])cc2Cl)n1. The Morgan fingerprint density at radius 3 is 2.87 bits per heavy atom. The molecule has 0 fully saturated rings. The summed E-state index contributed by atoms with van der Waals surface area (Å²) < 4.78 is 15.3. The molecule has 0 unspecified atom stereocenters. The molecule has 1 heterocycles. The Morgan fingerprint density at radius 2 is 2.26 bits per heavy atom. The van der Waals surface area contributed by atoms with Crippen LogP contribution in [0.1, 0.15) is 25.1 Å². The lowest BCUT2D eigenvalue weighted by molar-refractivity contribution is -0.387. The maximum Gasteiger partial charge on any atom is 0.306 e. The summed E-state index contributed by atoms with van der Waals surface area (Å²) in [5, 5.41) is 18.3. The average molecular weight is 339 g/mol. The van der Waals surface area contributed by atoms with Gasteiger partial charge < -0.3 is 5.32 Å². The quantitative estimate of drug-likeness (QED) is 0.645. The zero-order valence-electron chi connectivity index (χ0n) is 12.7. The molecule has 2 aromatic rings. The molecule has 1 aromatic carbocycles. The number of aromatic nitrogens is 2. The van der Waals surface area contributed by atoms with Crippen LogP contribution in [0.2, 0.25) is 5.02 Å². The van der Waals surface area contributed by atoms with Crippen LogP contribution in [0, 0.1) is 15.9 Å². The Morgan fingerprint density at radius 1 is 1.57 bits per heavy atom. The van der Waals surface area contributed by atoms with Gasteiger partial charge in [-0.2, -0.15) is 9.49 Å². The standard InChI is InChI=1S/C15H16ClFN4O2/c1-9(2)18-10(3)20-5-4-12(19-20)6-11-7-14(17)15(21(22)23)8-13(11)16/h4-5,7-9,18H,3,6H2,1-2H3. The summed E-state index contributed by atoms with van der Waals surface area (Å²) in [6.45, 7) is 7.84. The van der Waals surface area contributed by atoms with Crippen molar-refractivity contribution in [2.75, 3.05) is 0 Å². The normalized spacial score (nSPS) is 10.8. The maximum absolute atomic E-state index is 13.7. The molecule has 8 heteroatoms. The van der Waals surface area contributed by atoms with E-state index in [4.69, 9.17) is 11.6 Å². The van der Waals surface area contributed by atoms with Crippen LogP contribution in [0.4, 0.5) is 10.1 Å². The van der Waals surface area contributed by atoms with E-state index in [1.54, 1.807) is 16.9 Å². The predicted molar refractivity (Wildman–Crippen MR) is 86.7 cm³/mol. The molecule has 0 spiro atoms. The summed E-state index contributed by atoms with van der Waals surface area (Å²) in [5.41, 5.74) is 0.438. The average Bonchev–Trinajstić information content (AvgIpc) is 2.90. The van der Waals surface area contributed by atoms with E-state index in [9.17, 15) is 14.5 Å². The lowest BCUT2D eigenvalue weighted by atomic mass is 10.1. The highest BCUT2D eigenvalue weighted by Gasteiger charge is 2.18. The minimum absolute atomic E-state index is 0.131. The third-order valence-electron chi connectivity index (χ3n) is 3.06. The van der Waals surface area contributed by atoms with Gasteiger partial charge in [-0.3, -0.25) is 10.1 Å². The second-order valence-corrected chi connectivity index (χ2v) is 5.73. The number of nitro groups is 1. The lowest BCUT2D eigenvalue weighted by Gasteiger charge is -2.12. The second-order valence-electron chi connectivity index (χ2n) is 5.33. The molecule has 0 aliphatic heterocycles. The molecule has 2 rings (SSSR count). The minimum atomic E-state index is -0.917. The molecule has 0 radical (unpaired) electrons. The largest absolute Gasteiger partial charge is 0.368 e. The first kappa shape index (κ1) is 17.0. The van der Waals surface area contributed by atoms with Crippen molar-refractivity contribution in [2.24, 2.45) is 0 Å². The van der Waals surface area contributed by atoms with E-state index < -0.39 is 16.4 Å². The van der Waals surface area contributed by atoms with Crippen LogP contribution in [-0.2, 0) is 6.42 Å². The Hall–Kier alpha value is -2.41. The van der Waals surface area contributed by atoms with Crippen LogP contribution in [-0.4, -0.2) is 20.7 Å². The highest BCUT2D eigenvalue weighted by Crippen LogP contribution is 2.27. The molecule has 0 amide bonds. The number of nitro benzene ring substituents is 1. The van der Waals surface area contributed by atoms with Crippen molar-refractivity contribution < 1.29 is 9.31 Å². The van der Waals surface area contributed by atoms with Gasteiger partial charge in [0, 0.05) is 24.7 Å². The first-order chi connectivity index (χ1) is 10.8. The molecule has 6 nitrogen and oxygen atoms in total. The van der Waals surface area contributed by atoms with Crippen LogP contribution in [0.5, 0.6) is 0 Å². The highest BCUT2D eigenvalue weighted by atomic mass is 35.5. The summed E-state index contributed by atoms with van der Waals surface area (Å²) in [4.78, 5) is 9.88. The first-order valence-corrected chi connectivity index (χ1v) is 7.28. The molecule has 0 saturated heterocycles. The van der Waals surface area contributed by atoms with Gasteiger partial charge in [0.15, 0.2) is 0 Å². The number of hydrogen-bond acceptors (Lipinski definition) is 4. The molecule has 23 heavy (non-hydrogen) atoms. The number of benzene rings is 1. The van der Waals surface area contributed by atoms with Crippen LogP contribution in [0.15, 0.2) is 31.0 Å². The van der Waals surface area contributed by atoms with Crippen molar-refractivity contribution in [2.45, 2.75) is 26.3 Å². The van der Waals surface area contributed by atoms with E-state index in [0.29, 0.717) is 17.1 Å². The van der Waals surface area contributed by atoms with E-state index in [1.165, 1.54) is 0 Å². The predicted octanol–water partition coefficient (Wildman–Crippen LogP) is 3.60. The third-order valence-corrected chi connectivity index (χ3v) is 3.41. The van der Waals surface area contributed by atoms with Gasteiger partial charge in [0.2, 0.25) is 5.82 Å². The molecule has 0 aliphatic carbocycles. The van der Waals surface area contributed by atoms with Gasteiger partial charge in [0.25, 0.3) is 0 Å². The fraction of sp³-hybridized carbons (Fsp3) is 0.267. The molecule has 0 aliphatic rings. The zero-order chi connectivity index (χ0) is 17.1. The van der Waals surface area contributed by atoms with E-state index in [-0.39, 0.29) is 17.5 Å². The summed E-state index contributed by atoms with van der Waals surface area (Å²) in [7, 11) is 0. The Bertz CT molecular complexity index is 758. The summed E-state index contributed by atoms with van der Waals surface area (Å²) in [6, 6.07) is 4.06. The minimum Gasteiger partial charge on any atom is -0.368 e. The van der Waals surface area contributed by atoms with Gasteiger partial charge in [0.05, 0.1) is 15.6 Å². The van der Waals surface area contributed by atoms with Crippen molar-refractivity contribution in [1.82, 2.24) is 15.1 Å². The maximum atomic E-state index is 13.7. The van der Waals surface area contributed by atoms with Gasteiger partial charge >= 0.3 is 5.69 Å². The zero-order valence-corrected chi connectivity index (χ0v) is 13.5. The van der Waals surface area contributed by atoms with Crippen LogP contribution >= 0.6 is 11.6 Å². The van der Waals surface area contributed by atoms with E-state index >= 15 is 0 Å². The number of rotatable bonds is 6.